The van der Waals surface area contributed by atoms with E-state index < -0.39 is 126 Å². The second-order valence-corrected chi connectivity index (χ2v) is 13.4. The summed E-state index contributed by atoms with van der Waals surface area (Å²) in [5.74, 6) is -16.4. The minimum atomic E-state index is -3.04. The predicted molar refractivity (Wildman–Crippen MR) is 175 cm³/mol. The van der Waals surface area contributed by atoms with Crippen LogP contribution in [0, 0.1) is 23.7 Å². The van der Waals surface area contributed by atoms with Crippen LogP contribution in [0.2, 0.25) is 0 Å². The molecule has 0 spiro atoms. The summed E-state index contributed by atoms with van der Waals surface area (Å²) < 4.78 is 15.1. The first-order chi connectivity index (χ1) is 24.4. The van der Waals surface area contributed by atoms with E-state index >= 15 is 0 Å². The van der Waals surface area contributed by atoms with Gasteiger partial charge in [0, 0.05) is 24.7 Å². The summed E-state index contributed by atoms with van der Waals surface area (Å²) in [6.45, 7) is 6.36. The number of phenolic OH excluding ortho intramolecular Hbond substituents is 1. The third kappa shape index (κ3) is 7.45. The zero-order valence-corrected chi connectivity index (χ0v) is 28.4. The molecule has 4 rings (SSSR count). The van der Waals surface area contributed by atoms with Crippen molar-refractivity contribution >= 4 is 46.9 Å². The topological polar surface area (TPSA) is 271 Å². The number of fused-ring (bicyclic) bond motifs is 3. The lowest BCUT2D eigenvalue weighted by Gasteiger charge is -2.52. The molecule has 52 heavy (non-hydrogen) atoms. The molecule has 16 nitrogen and oxygen atoms in total. The van der Waals surface area contributed by atoms with E-state index in [1.807, 2.05) is 0 Å². The molecule has 0 aliphatic heterocycles. The Bertz CT molecular complexity index is 1690. The van der Waals surface area contributed by atoms with E-state index in [1.165, 1.54) is 24.3 Å². The standard InChI is InChI=1S/C36H41NO15/c1-4-7-22(39)50-14-35(48,15-51-23(40)8-5-2)16-52-24(41)10-6-9-18-11-12-19-17(3)25-28(31(44)26(19)29(18)42)33(46)36(49)20(30(25)43)13-21(38)27(32(36)45)34(37)47/h4-5,11-12,17,20,25,27-28,30,42-43,48-49H,1-2,6-10,13-16H2,3H3,(H2,37,47)/t17-,20+,25+,27?,28?,30+,36+/m0/s1. The molecule has 6 N–H and O–H groups in total. The second kappa shape index (κ2) is 15.7. The van der Waals surface area contributed by atoms with Gasteiger partial charge in [0.2, 0.25) is 5.91 Å². The Morgan fingerprint density at radius 2 is 1.52 bits per heavy atom. The molecule has 1 aromatic rings. The lowest BCUT2D eigenvalue weighted by atomic mass is 9.50. The summed E-state index contributed by atoms with van der Waals surface area (Å²) in [7, 11) is 0. The van der Waals surface area contributed by atoms with Crippen LogP contribution in [-0.4, -0.2) is 105 Å². The number of primary amides is 1. The van der Waals surface area contributed by atoms with Crippen molar-refractivity contribution in [1.29, 1.82) is 0 Å². The van der Waals surface area contributed by atoms with E-state index in [2.05, 4.69) is 13.2 Å². The van der Waals surface area contributed by atoms with E-state index in [1.54, 1.807) is 6.92 Å². The average molecular weight is 728 g/mol. The Kier molecular flexibility index (Phi) is 12.0. The fraction of sp³-hybridized carbons (Fsp3) is 0.500. The van der Waals surface area contributed by atoms with Crippen LogP contribution in [0.3, 0.4) is 0 Å². The van der Waals surface area contributed by atoms with Gasteiger partial charge in [-0.25, -0.2) is 0 Å². The van der Waals surface area contributed by atoms with Crippen molar-refractivity contribution in [2.24, 2.45) is 29.4 Å². The molecule has 1 aromatic carbocycles. The van der Waals surface area contributed by atoms with Crippen molar-refractivity contribution < 1.29 is 73.0 Å². The monoisotopic (exact) mass is 727 g/mol. The van der Waals surface area contributed by atoms with Crippen LogP contribution in [0.1, 0.15) is 66.4 Å². The molecular formula is C36H41NO15. The number of hydrogen-bond acceptors (Lipinski definition) is 15. The fourth-order valence-electron chi connectivity index (χ4n) is 7.22. The molecule has 0 saturated heterocycles. The SMILES string of the molecule is C=CCC(=O)OCC(O)(COC(=O)CC=C)COC(=O)CCCc1ccc2c(c1O)C(=O)C1C(=O)[C@]3(O)C(=O)C(C(N)=O)C(=O)C[C@@H]3[C@@H](O)[C@@H]1[C@H]2C. The summed E-state index contributed by atoms with van der Waals surface area (Å²) >= 11 is 0. The molecule has 16 heteroatoms. The zero-order valence-electron chi connectivity index (χ0n) is 28.4. The highest BCUT2D eigenvalue weighted by Gasteiger charge is 2.69. The quantitative estimate of drug-likeness (QED) is 0.0671. The number of carbonyl (C=O) groups excluding carboxylic acids is 8. The third-order valence-electron chi connectivity index (χ3n) is 9.90. The molecule has 2 saturated carbocycles. The van der Waals surface area contributed by atoms with Crippen LogP contribution in [0.5, 0.6) is 5.75 Å². The Morgan fingerprint density at radius 3 is 2.06 bits per heavy atom. The molecule has 2 unspecified atom stereocenters. The van der Waals surface area contributed by atoms with Crippen LogP contribution in [0.4, 0.5) is 0 Å². The molecule has 3 aliphatic carbocycles. The van der Waals surface area contributed by atoms with Gasteiger partial charge in [0.1, 0.15) is 25.6 Å². The van der Waals surface area contributed by atoms with Crippen molar-refractivity contribution in [2.45, 2.75) is 68.7 Å². The van der Waals surface area contributed by atoms with Gasteiger partial charge in [-0.2, -0.15) is 0 Å². The highest BCUT2D eigenvalue weighted by atomic mass is 16.6. The maximum atomic E-state index is 13.9. The van der Waals surface area contributed by atoms with E-state index in [0.29, 0.717) is 0 Å². The number of carbonyl (C=O) groups is 8. The number of ether oxygens (including phenoxy) is 3. The van der Waals surface area contributed by atoms with E-state index in [0.717, 1.165) is 0 Å². The van der Waals surface area contributed by atoms with Gasteiger partial charge in [-0.3, -0.25) is 38.4 Å². The molecule has 0 heterocycles. The molecule has 7 atom stereocenters. The fourth-order valence-corrected chi connectivity index (χ4v) is 7.22. The maximum Gasteiger partial charge on any atom is 0.309 e. The largest absolute Gasteiger partial charge is 0.507 e. The number of phenols is 1. The van der Waals surface area contributed by atoms with Gasteiger partial charge in [-0.15, -0.1) is 13.2 Å². The van der Waals surface area contributed by atoms with Gasteiger partial charge in [-0.1, -0.05) is 31.2 Å². The Balaban J connectivity index is 1.47. The van der Waals surface area contributed by atoms with E-state index in [4.69, 9.17) is 19.9 Å². The van der Waals surface area contributed by atoms with Crippen molar-refractivity contribution in [1.82, 2.24) is 0 Å². The van der Waals surface area contributed by atoms with Gasteiger partial charge in [0.05, 0.1) is 30.4 Å². The van der Waals surface area contributed by atoms with Crippen molar-refractivity contribution in [3.8, 4) is 5.75 Å². The lowest BCUT2D eigenvalue weighted by Crippen LogP contribution is -2.72. The van der Waals surface area contributed by atoms with Gasteiger partial charge in [0.25, 0.3) is 0 Å². The minimum absolute atomic E-state index is 0.00996. The number of hydrogen-bond donors (Lipinski definition) is 5. The molecule has 0 aromatic heterocycles. The zero-order chi connectivity index (χ0) is 38.7. The number of amides is 1. The third-order valence-corrected chi connectivity index (χ3v) is 9.90. The number of nitrogens with two attached hydrogens (primary N) is 1. The highest BCUT2D eigenvalue weighted by molar-refractivity contribution is 6.31. The highest BCUT2D eigenvalue weighted by Crippen LogP contribution is 2.54. The summed E-state index contributed by atoms with van der Waals surface area (Å²) in [5.41, 5.74) is 0.277. The van der Waals surface area contributed by atoms with Crippen LogP contribution in [0.15, 0.2) is 37.4 Å². The summed E-state index contributed by atoms with van der Waals surface area (Å²) in [4.78, 5) is 102. The number of ketones is 4. The first kappa shape index (κ1) is 39.7. The van der Waals surface area contributed by atoms with Crippen molar-refractivity contribution in [3.63, 3.8) is 0 Å². The number of aliphatic hydroxyl groups is 3. The molecule has 0 radical (unpaired) electrons. The molecular weight excluding hydrogens is 686 g/mol. The van der Waals surface area contributed by atoms with Crippen LogP contribution >= 0.6 is 0 Å². The van der Waals surface area contributed by atoms with Crippen molar-refractivity contribution in [2.75, 3.05) is 19.8 Å². The van der Waals surface area contributed by atoms with Gasteiger partial charge in [-0.05, 0) is 29.9 Å². The van der Waals surface area contributed by atoms with Crippen molar-refractivity contribution in [3.05, 3.63) is 54.1 Å². The summed E-state index contributed by atoms with van der Waals surface area (Å²) in [6, 6.07) is 3.01. The summed E-state index contributed by atoms with van der Waals surface area (Å²) in [6.07, 6.45) is -0.335. The number of aliphatic hydroxyl groups excluding tert-OH is 1. The minimum Gasteiger partial charge on any atom is -0.507 e. The van der Waals surface area contributed by atoms with Gasteiger partial charge < -0.3 is 40.4 Å². The number of aromatic hydroxyl groups is 1. The Morgan fingerprint density at radius 1 is 0.962 bits per heavy atom. The first-order valence-corrected chi connectivity index (χ1v) is 16.5. The number of rotatable bonds is 15. The van der Waals surface area contributed by atoms with Crippen LogP contribution < -0.4 is 5.73 Å². The smallest absolute Gasteiger partial charge is 0.309 e. The van der Waals surface area contributed by atoms with E-state index in [-0.39, 0.29) is 48.8 Å². The maximum absolute atomic E-state index is 13.9. The van der Waals surface area contributed by atoms with Gasteiger partial charge >= 0.3 is 17.9 Å². The second-order valence-electron chi connectivity index (χ2n) is 13.4. The molecule has 2 fully saturated rings. The molecule has 0 bridgehead atoms. The molecule has 3 aliphatic rings. The predicted octanol–water partition coefficient (Wildman–Crippen LogP) is -0.306. The number of Topliss-reactive ketones (excluding diaryl/α,β-unsaturated/α-hetero) is 4. The summed E-state index contributed by atoms with van der Waals surface area (Å²) in [5, 5.41) is 44.9. The lowest BCUT2D eigenvalue weighted by molar-refractivity contribution is -0.189. The van der Waals surface area contributed by atoms with Crippen LogP contribution in [0.25, 0.3) is 0 Å². The normalized spacial score (nSPS) is 26.7. The van der Waals surface area contributed by atoms with Crippen LogP contribution in [-0.2, 0) is 54.2 Å². The average Bonchev–Trinajstić information content (AvgIpc) is 3.08. The molecule has 1 amide bonds. The Hall–Kier alpha value is -5.06. The van der Waals surface area contributed by atoms with Gasteiger partial charge in [0.15, 0.2) is 40.3 Å². The van der Waals surface area contributed by atoms with E-state index in [9.17, 15) is 58.8 Å². The molecule has 280 valence electrons. The number of aryl methyl sites for hydroxylation is 1. The number of esters is 3. The number of benzene rings is 1. The first-order valence-electron chi connectivity index (χ1n) is 16.5. The Labute approximate surface area is 297 Å².